The fraction of sp³-hybridized carbons (Fsp3) is 0.462. The van der Waals surface area contributed by atoms with Gasteiger partial charge in [0.05, 0.1) is 11.8 Å². The first kappa shape index (κ1) is 12.1. The van der Waals surface area contributed by atoms with Crippen LogP contribution in [0.25, 0.3) is 5.69 Å². The lowest BCUT2D eigenvalue weighted by atomic mass is 10.2. The highest BCUT2D eigenvalue weighted by atomic mass is 16.5. The lowest BCUT2D eigenvalue weighted by Gasteiger charge is -2.12. The molecule has 1 aliphatic rings. The molecule has 6 nitrogen and oxygen atoms in total. The number of tetrazole rings is 1. The van der Waals surface area contributed by atoms with E-state index in [0.717, 1.165) is 43.2 Å². The maximum absolute atomic E-state index is 5.60. The zero-order valence-corrected chi connectivity index (χ0v) is 10.9. The largest absolute Gasteiger partial charge is 0.382 e. The van der Waals surface area contributed by atoms with Crippen LogP contribution in [-0.2, 0) is 4.74 Å². The van der Waals surface area contributed by atoms with Crippen LogP contribution in [0.5, 0.6) is 0 Å². The summed E-state index contributed by atoms with van der Waals surface area (Å²) in [5.41, 5.74) is 2.02. The van der Waals surface area contributed by atoms with Crippen molar-refractivity contribution in [1.82, 2.24) is 20.2 Å². The quantitative estimate of drug-likeness (QED) is 0.902. The fourth-order valence-corrected chi connectivity index (χ4v) is 2.25. The molecule has 1 aromatic heterocycles. The van der Waals surface area contributed by atoms with E-state index in [2.05, 4.69) is 20.8 Å². The Kier molecular flexibility index (Phi) is 3.41. The second-order valence-corrected chi connectivity index (χ2v) is 4.70. The highest BCUT2D eigenvalue weighted by Gasteiger charge is 2.14. The smallest absolute Gasteiger partial charge is 0.153 e. The normalized spacial score (nSPS) is 18.7. The third-order valence-corrected chi connectivity index (χ3v) is 3.27. The van der Waals surface area contributed by atoms with Crippen LogP contribution in [0.2, 0.25) is 0 Å². The number of hydrogen-bond acceptors (Lipinski definition) is 5. The van der Waals surface area contributed by atoms with Gasteiger partial charge in [0.15, 0.2) is 5.82 Å². The van der Waals surface area contributed by atoms with Crippen LogP contribution < -0.4 is 5.32 Å². The van der Waals surface area contributed by atoms with E-state index in [1.165, 1.54) is 0 Å². The van der Waals surface area contributed by atoms with Crippen molar-refractivity contribution in [3.8, 4) is 5.69 Å². The summed E-state index contributed by atoms with van der Waals surface area (Å²) < 4.78 is 7.32. The van der Waals surface area contributed by atoms with E-state index in [4.69, 9.17) is 4.74 Å². The summed E-state index contributed by atoms with van der Waals surface area (Å²) in [6, 6.07) is 8.06. The molecule has 0 bridgehead atoms. The van der Waals surface area contributed by atoms with Gasteiger partial charge in [0.25, 0.3) is 0 Å². The minimum atomic E-state index is 0.332. The number of aromatic nitrogens is 4. The van der Waals surface area contributed by atoms with Crippen molar-refractivity contribution in [2.45, 2.75) is 25.9 Å². The molecule has 19 heavy (non-hydrogen) atoms. The summed E-state index contributed by atoms with van der Waals surface area (Å²) in [7, 11) is 0. The van der Waals surface area contributed by atoms with Gasteiger partial charge in [-0.05, 0) is 48.4 Å². The zero-order chi connectivity index (χ0) is 13.1. The van der Waals surface area contributed by atoms with Crippen molar-refractivity contribution < 1.29 is 4.74 Å². The van der Waals surface area contributed by atoms with Crippen LogP contribution in [0.15, 0.2) is 24.3 Å². The Labute approximate surface area is 111 Å². The molecule has 2 heterocycles. The van der Waals surface area contributed by atoms with E-state index in [-0.39, 0.29) is 0 Å². The molecule has 1 aliphatic heterocycles. The number of hydrogen-bond donors (Lipinski definition) is 1. The molecule has 2 aromatic rings. The van der Waals surface area contributed by atoms with E-state index >= 15 is 0 Å². The first-order valence-electron chi connectivity index (χ1n) is 6.54. The Morgan fingerprint density at radius 2 is 2.42 bits per heavy atom. The van der Waals surface area contributed by atoms with Crippen molar-refractivity contribution >= 4 is 5.69 Å². The Hall–Kier alpha value is -1.95. The minimum Gasteiger partial charge on any atom is -0.382 e. The number of aryl methyl sites for hydroxylation is 1. The Morgan fingerprint density at radius 1 is 1.47 bits per heavy atom. The maximum atomic E-state index is 5.60. The van der Waals surface area contributed by atoms with Crippen LogP contribution in [0.1, 0.15) is 18.7 Å². The first-order valence-corrected chi connectivity index (χ1v) is 6.54. The third-order valence-electron chi connectivity index (χ3n) is 3.27. The molecule has 6 heteroatoms. The molecule has 0 amide bonds. The molecule has 1 aromatic carbocycles. The summed E-state index contributed by atoms with van der Waals surface area (Å²) in [6.45, 7) is 3.61. The molecule has 100 valence electrons. The summed E-state index contributed by atoms with van der Waals surface area (Å²) in [5, 5.41) is 14.9. The number of nitrogens with zero attached hydrogens (tertiary/aromatic N) is 4. The van der Waals surface area contributed by atoms with E-state index < -0.39 is 0 Å². The van der Waals surface area contributed by atoms with Gasteiger partial charge < -0.3 is 10.1 Å². The SMILES string of the molecule is Cc1nnnn1-c1cccc(NCC2CCCO2)c1. The van der Waals surface area contributed by atoms with E-state index in [0.29, 0.717) is 6.10 Å². The Bertz CT molecular complexity index is 547. The molecule has 1 fully saturated rings. The highest BCUT2D eigenvalue weighted by molar-refractivity contribution is 5.51. The molecule has 0 radical (unpaired) electrons. The number of benzene rings is 1. The predicted octanol–water partition coefficient (Wildman–Crippen LogP) is 1.56. The average molecular weight is 259 g/mol. The monoisotopic (exact) mass is 259 g/mol. The maximum Gasteiger partial charge on any atom is 0.153 e. The van der Waals surface area contributed by atoms with E-state index in [1.807, 2.05) is 31.2 Å². The van der Waals surface area contributed by atoms with Gasteiger partial charge in [0, 0.05) is 18.8 Å². The number of nitrogens with one attached hydrogen (secondary N) is 1. The Balaban J connectivity index is 1.71. The summed E-state index contributed by atoms with van der Waals surface area (Å²) in [6.07, 6.45) is 2.63. The molecule has 0 spiro atoms. The van der Waals surface area contributed by atoms with Gasteiger partial charge >= 0.3 is 0 Å². The molecule has 1 N–H and O–H groups in total. The van der Waals surface area contributed by atoms with Gasteiger partial charge in [0.1, 0.15) is 0 Å². The van der Waals surface area contributed by atoms with Crippen LogP contribution in [0, 0.1) is 6.92 Å². The van der Waals surface area contributed by atoms with Crippen LogP contribution in [0.3, 0.4) is 0 Å². The molecule has 1 saturated heterocycles. The number of rotatable bonds is 4. The van der Waals surface area contributed by atoms with Crippen LogP contribution in [-0.4, -0.2) is 39.5 Å². The summed E-state index contributed by atoms with van der Waals surface area (Å²) in [5.74, 6) is 0.774. The third kappa shape index (κ3) is 2.73. The molecule has 3 rings (SSSR count). The van der Waals surface area contributed by atoms with Crippen molar-refractivity contribution in [2.24, 2.45) is 0 Å². The van der Waals surface area contributed by atoms with Crippen molar-refractivity contribution in [3.05, 3.63) is 30.1 Å². The highest BCUT2D eigenvalue weighted by Crippen LogP contribution is 2.17. The molecular weight excluding hydrogens is 242 g/mol. The van der Waals surface area contributed by atoms with Crippen molar-refractivity contribution in [1.29, 1.82) is 0 Å². The number of anilines is 1. The second kappa shape index (κ2) is 5.36. The first-order chi connectivity index (χ1) is 9.33. The van der Waals surface area contributed by atoms with Crippen molar-refractivity contribution in [2.75, 3.05) is 18.5 Å². The van der Waals surface area contributed by atoms with Gasteiger partial charge in [-0.25, -0.2) is 0 Å². The molecular formula is C13H17N5O. The van der Waals surface area contributed by atoms with E-state index in [1.54, 1.807) is 4.68 Å². The molecule has 0 saturated carbocycles. The zero-order valence-electron chi connectivity index (χ0n) is 10.9. The standard InChI is InChI=1S/C13H17N5O/c1-10-15-16-17-18(10)12-5-2-4-11(8-12)14-9-13-6-3-7-19-13/h2,4-5,8,13-14H,3,6-7,9H2,1H3. The topological polar surface area (TPSA) is 64.9 Å². The predicted molar refractivity (Wildman–Crippen MR) is 71.4 cm³/mol. The fourth-order valence-electron chi connectivity index (χ4n) is 2.25. The van der Waals surface area contributed by atoms with Gasteiger partial charge in [-0.3, -0.25) is 0 Å². The summed E-state index contributed by atoms with van der Waals surface area (Å²) >= 11 is 0. The van der Waals surface area contributed by atoms with Gasteiger partial charge in [-0.2, -0.15) is 4.68 Å². The van der Waals surface area contributed by atoms with Crippen molar-refractivity contribution in [3.63, 3.8) is 0 Å². The molecule has 0 aliphatic carbocycles. The van der Waals surface area contributed by atoms with E-state index in [9.17, 15) is 0 Å². The summed E-state index contributed by atoms with van der Waals surface area (Å²) in [4.78, 5) is 0. The van der Waals surface area contributed by atoms with Crippen LogP contribution >= 0.6 is 0 Å². The number of ether oxygens (including phenoxy) is 1. The molecule has 1 unspecified atom stereocenters. The Morgan fingerprint density at radius 3 is 3.16 bits per heavy atom. The van der Waals surface area contributed by atoms with Gasteiger partial charge in [-0.1, -0.05) is 6.07 Å². The van der Waals surface area contributed by atoms with Crippen LogP contribution in [0.4, 0.5) is 5.69 Å². The average Bonchev–Trinajstić information content (AvgIpc) is 3.08. The van der Waals surface area contributed by atoms with Gasteiger partial charge in [0.2, 0.25) is 0 Å². The molecule has 1 atom stereocenters. The lowest BCUT2D eigenvalue weighted by molar-refractivity contribution is 0.120. The second-order valence-electron chi connectivity index (χ2n) is 4.70. The lowest BCUT2D eigenvalue weighted by Crippen LogP contribution is -2.18. The van der Waals surface area contributed by atoms with Gasteiger partial charge in [-0.15, -0.1) is 5.10 Å². The minimum absolute atomic E-state index is 0.332.